The number of likely N-dealkylation sites (tertiary alicyclic amines) is 1. The lowest BCUT2D eigenvalue weighted by Gasteiger charge is -2.39. The summed E-state index contributed by atoms with van der Waals surface area (Å²) in [5, 5.41) is 4.19. The third kappa shape index (κ3) is 3.61. The van der Waals surface area contributed by atoms with Crippen molar-refractivity contribution in [2.45, 2.75) is 44.7 Å². The lowest BCUT2D eigenvalue weighted by Crippen LogP contribution is -2.48. The number of anilines is 1. The molecule has 0 N–H and O–H groups in total. The number of piperidine rings is 1. The molecule has 2 aliphatic rings. The number of methoxy groups -OCH3 is 1. The first-order chi connectivity index (χ1) is 13.1. The smallest absolute Gasteiger partial charge is 0.260 e. The third-order valence-corrected chi connectivity index (χ3v) is 5.36. The molecule has 0 radical (unpaired) electrons. The third-order valence-electron chi connectivity index (χ3n) is 5.36. The first-order valence-electron chi connectivity index (χ1n) is 9.50. The average molecular weight is 370 g/mol. The molecule has 2 aromatic heterocycles. The Balaban J connectivity index is 1.45. The van der Waals surface area contributed by atoms with Gasteiger partial charge in [0, 0.05) is 50.2 Å². The summed E-state index contributed by atoms with van der Waals surface area (Å²) >= 11 is 0. The van der Waals surface area contributed by atoms with E-state index in [-0.39, 0.29) is 5.91 Å². The van der Waals surface area contributed by atoms with Crippen molar-refractivity contribution >= 4 is 11.7 Å². The molecule has 2 fully saturated rings. The minimum Gasteiger partial charge on any atom is -0.479 e. The highest BCUT2D eigenvalue weighted by molar-refractivity contribution is 5.96. The molecule has 0 aromatic carbocycles. The minimum absolute atomic E-state index is 0.00532. The summed E-state index contributed by atoms with van der Waals surface area (Å²) in [5.41, 5.74) is 1.52. The average Bonchev–Trinajstić information content (AvgIpc) is 3.42. The van der Waals surface area contributed by atoms with Crippen LogP contribution in [-0.4, -0.2) is 62.8 Å². The second-order valence-electron chi connectivity index (χ2n) is 7.41. The Labute approximate surface area is 159 Å². The van der Waals surface area contributed by atoms with E-state index in [0.29, 0.717) is 23.5 Å². The fourth-order valence-corrected chi connectivity index (χ4v) is 3.89. The molecule has 0 spiro atoms. The predicted molar refractivity (Wildman–Crippen MR) is 101 cm³/mol. The number of ether oxygens (including phenoxy) is 1. The van der Waals surface area contributed by atoms with Crippen LogP contribution >= 0.6 is 0 Å². The fourth-order valence-electron chi connectivity index (χ4n) is 3.89. The number of carbonyl (C=O) groups is 1. The highest BCUT2D eigenvalue weighted by Crippen LogP contribution is 2.35. The molecule has 2 aromatic rings. The van der Waals surface area contributed by atoms with Crippen molar-refractivity contribution in [3.8, 4) is 5.88 Å². The molecule has 27 heavy (non-hydrogen) atoms. The maximum absolute atomic E-state index is 12.9. The van der Waals surface area contributed by atoms with Crippen LogP contribution in [-0.2, 0) is 7.05 Å². The van der Waals surface area contributed by atoms with Crippen molar-refractivity contribution in [1.82, 2.24) is 24.6 Å². The highest BCUT2D eigenvalue weighted by atomic mass is 16.5. The summed E-state index contributed by atoms with van der Waals surface area (Å²) in [6, 6.07) is 3.05. The molecule has 0 bridgehead atoms. The van der Waals surface area contributed by atoms with Gasteiger partial charge in [-0.3, -0.25) is 9.48 Å². The van der Waals surface area contributed by atoms with Gasteiger partial charge in [-0.25, -0.2) is 9.97 Å². The second kappa shape index (κ2) is 7.17. The molecule has 0 atom stereocenters. The van der Waals surface area contributed by atoms with E-state index in [1.165, 1.54) is 12.8 Å². The van der Waals surface area contributed by atoms with E-state index in [1.807, 2.05) is 11.8 Å². The first-order valence-corrected chi connectivity index (χ1v) is 9.50. The maximum Gasteiger partial charge on any atom is 0.260 e. The lowest BCUT2D eigenvalue weighted by molar-refractivity contribution is 0.0708. The fraction of sp³-hybridized carbons (Fsp3) is 0.579. The van der Waals surface area contributed by atoms with E-state index >= 15 is 0 Å². The SMILES string of the molecule is COc1nn(C)cc1C(=O)N1CCC(N(c2cc(C)ncn2)C2CC2)CC1. The van der Waals surface area contributed by atoms with Gasteiger partial charge in [0.1, 0.15) is 17.7 Å². The molecule has 3 heterocycles. The summed E-state index contributed by atoms with van der Waals surface area (Å²) in [4.78, 5) is 26.0. The van der Waals surface area contributed by atoms with Crippen LogP contribution < -0.4 is 9.64 Å². The molecule has 4 rings (SSSR count). The predicted octanol–water partition coefficient (Wildman–Crippen LogP) is 1.80. The number of nitrogens with zero attached hydrogens (tertiary/aromatic N) is 6. The van der Waals surface area contributed by atoms with Crippen LogP contribution in [0.3, 0.4) is 0 Å². The Morgan fingerprint density at radius 1 is 1.19 bits per heavy atom. The van der Waals surface area contributed by atoms with Crippen LogP contribution in [0.5, 0.6) is 5.88 Å². The zero-order valence-corrected chi connectivity index (χ0v) is 16.1. The number of hydrogen-bond donors (Lipinski definition) is 0. The number of aryl methyl sites for hydroxylation is 2. The topological polar surface area (TPSA) is 76.4 Å². The van der Waals surface area contributed by atoms with Crippen molar-refractivity contribution in [1.29, 1.82) is 0 Å². The molecular formula is C19H26N6O2. The Bertz CT molecular complexity index is 823. The van der Waals surface area contributed by atoms with E-state index in [2.05, 4.69) is 26.0 Å². The summed E-state index contributed by atoms with van der Waals surface area (Å²) in [6.07, 6.45) is 7.69. The lowest BCUT2D eigenvalue weighted by atomic mass is 10.0. The maximum atomic E-state index is 12.9. The van der Waals surface area contributed by atoms with E-state index < -0.39 is 0 Å². The molecule has 1 amide bonds. The summed E-state index contributed by atoms with van der Waals surface area (Å²) in [6.45, 7) is 3.46. The van der Waals surface area contributed by atoms with Gasteiger partial charge in [0.05, 0.1) is 7.11 Å². The Morgan fingerprint density at radius 2 is 1.89 bits per heavy atom. The summed E-state index contributed by atoms with van der Waals surface area (Å²) in [5.74, 6) is 1.40. The Morgan fingerprint density at radius 3 is 2.52 bits per heavy atom. The molecule has 8 heteroatoms. The first kappa shape index (κ1) is 17.8. The summed E-state index contributed by atoms with van der Waals surface area (Å²) in [7, 11) is 3.34. The van der Waals surface area contributed by atoms with E-state index in [0.717, 1.165) is 37.4 Å². The monoisotopic (exact) mass is 370 g/mol. The van der Waals surface area contributed by atoms with Crippen LogP contribution in [0.25, 0.3) is 0 Å². The standard InChI is InChI=1S/C19H26N6O2/c1-13-10-17(21-12-20-13)25(14-4-5-14)15-6-8-24(9-7-15)19(26)16-11-23(2)22-18(16)27-3/h10-12,14-15H,4-9H2,1-3H3. The van der Waals surface area contributed by atoms with Crippen LogP contribution in [0.15, 0.2) is 18.6 Å². The molecule has 1 aliphatic heterocycles. The van der Waals surface area contributed by atoms with Gasteiger partial charge in [0.15, 0.2) is 0 Å². The molecule has 8 nitrogen and oxygen atoms in total. The molecule has 1 saturated heterocycles. The van der Waals surface area contributed by atoms with Gasteiger partial charge in [0.25, 0.3) is 5.91 Å². The molecule has 1 saturated carbocycles. The Kier molecular flexibility index (Phi) is 4.72. The van der Waals surface area contributed by atoms with Crippen LogP contribution in [0.1, 0.15) is 41.7 Å². The number of carbonyl (C=O) groups excluding carboxylic acids is 1. The minimum atomic E-state index is -0.00532. The Hall–Kier alpha value is -2.64. The van der Waals surface area contributed by atoms with E-state index in [4.69, 9.17) is 4.74 Å². The number of hydrogen-bond acceptors (Lipinski definition) is 6. The zero-order valence-electron chi connectivity index (χ0n) is 16.1. The molecule has 1 aliphatic carbocycles. The van der Waals surface area contributed by atoms with Crippen molar-refractivity contribution in [3.63, 3.8) is 0 Å². The van der Waals surface area contributed by atoms with Gasteiger partial charge in [-0.15, -0.1) is 5.10 Å². The van der Waals surface area contributed by atoms with Gasteiger partial charge in [-0.1, -0.05) is 0 Å². The van der Waals surface area contributed by atoms with Crippen LogP contribution in [0.2, 0.25) is 0 Å². The van der Waals surface area contributed by atoms with Crippen LogP contribution in [0.4, 0.5) is 5.82 Å². The number of aromatic nitrogens is 4. The zero-order chi connectivity index (χ0) is 19.0. The van der Waals surface area contributed by atoms with E-state index in [9.17, 15) is 4.79 Å². The van der Waals surface area contributed by atoms with Gasteiger partial charge in [-0.05, 0) is 32.6 Å². The largest absolute Gasteiger partial charge is 0.479 e. The summed E-state index contributed by atoms with van der Waals surface area (Å²) < 4.78 is 6.86. The van der Waals surface area contributed by atoms with Gasteiger partial charge < -0.3 is 14.5 Å². The van der Waals surface area contributed by atoms with Gasteiger partial charge in [0.2, 0.25) is 5.88 Å². The van der Waals surface area contributed by atoms with Gasteiger partial charge >= 0.3 is 0 Å². The highest BCUT2D eigenvalue weighted by Gasteiger charge is 2.37. The normalized spacial score (nSPS) is 17.8. The second-order valence-corrected chi connectivity index (χ2v) is 7.41. The number of amides is 1. The van der Waals surface area contributed by atoms with Crippen LogP contribution in [0, 0.1) is 6.92 Å². The van der Waals surface area contributed by atoms with Gasteiger partial charge in [-0.2, -0.15) is 0 Å². The quantitative estimate of drug-likeness (QED) is 0.799. The molecule has 0 unspecified atom stereocenters. The van der Waals surface area contributed by atoms with Crippen molar-refractivity contribution in [3.05, 3.63) is 29.8 Å². The molecular weight excluding hydrogens is 344 g/mol. The van der Waals surface area contributed by atoms with Crippen molar-refractivity contribution < 1.29 is 9.53 Å². The molecule has 144 valence electrons. The van der Waals surface area contributed by atoms with E-state index in [1.54, 1.807) is 31.4 Å². The van der Waals surface area contributed by atoms with Crippen molar-refractivity contribution in [2.24, 2.45) is 7.05 Å². The van der Waals surface area contributed by atoms with Crippen molar-refractivity contribution in [2.75, 3.05) is 25.1 Å². The number of rotatable bonds is 5.